The third-order valence-corrected chi connectivity index (χ3v) is 3.74. The molecule has 0 radical (unpaired) electrons. The number of hydrogen-bond donors (Lipinski definition) is 1. The molecule has 1 aromatic rings. The number of aromatic nitrogens is 2. The van der Waals surface area contributed by atoms with Crippen LogP contribution < -0.4 is 5.32 Å². The molecule has 106 valence electrons. The lowest BCUT2D eigenvalue weighted by Gasteiger charge is -2.34. The van der Waals surface area contributed by atoms with Crippen LogP contribution in [0.1, 0.15) is 49.9 Å². The molecule has 1 aliphatic rings. The minimum atomic E-state index is 0.386. The Hall–Kier alpha value is -1.00. The summed E-state index contributed by atoms with van der Waals surface area (Å²) in [4.78, 5) is 12.0. The van der Waals surface area contributed by atoms with Crippen LogP contribution in [0.2, 0.25) is 0 Å². The lowest BCUT2D eigenvalue weighted by molar-refractivity contribution is 0.157. The third kappa shape index (κ3) is 3.74. The summed E-state index contributed by atoms with van der Waals surface area (Å²) in [6, 6.07) is 2.49. The van der Waals surface area contributed by atoms with Gasteiger partial charge in [0.2, 0.25) is 0 Å². The third-order valence-electron chi connectivity index (χ3n) is 3.74. The molecule has 0 spiro atoms. The normalized spacial score (nSPS) is 18.5. The zero-order chi connectivity index (χ0) is 13.7. The van der Waals surface area contributed by atoms with Crippen molar-refractivity contribution >= 4 is 0 Å². The number of nitrogens with one attached hydrogen (secondary N) is 1. The number of nitrogens with zero attached hydrogens (tertiary/aromatic N) is 3. The lowest BCUT2D eigenvalue weighted by Crippen LogP contribution is -2.45. The zero-order valence-electron chi connectivity index (χ0n) is 12.4. The SMILES string of the molecule is CCCC(c1nc(C)cc(CC)n1)N1CCNCC1. The van der Waals surface area contributed by atoms with Crippen LogP contribution in [0.3, 0.4) is 0 Å². The van der Waals surface area contributed by atoms with Crippen LogP contribution in [0.25, 0.3) is 0 Å². The van der Waals surface area contributed by atoms with E-state index in [1.54, 1.807) is 0 Å². The van der Waals surface area contributed by atoms with Crippen molar-refractivity contribution in [2.24, 2.45) is 0 Å². The zero-order valence-corrected chi connectivity index (χ0v) is 12.4. The summed E-state index contributed by atoms with van der Waals surface area (Å²) < 4.78 is 0. The Balaban J connectivity index is 2.24. The van der Waals surface area contributed by atoms with Crippen LogP contribution in [0, 0.1) is 6.92 Å². The monoisotopic (exact) mass is 262 g/mol. The smallest absolute Gasteiger partial charge is 0.145 e. The molecule has 19 heavy (non-hydrogen) atoms. The maximum atomic E-state index is 4.77. The molecule has 0 saturated carbocycles. The average Bonchev–Trinajstić information content (AvgIpc) is 2.45. The predicted octanol–water partition coefficient (Wildman–Crippen LogP) is 2.09. The molecule has 1 unspecified atom stereocenters. The van der Waals surface area contributed by atoms with E-state index in [0.29, 0.717) is 6.04 Å². The van der Waals surface area contributed by atoms with Gasteiger partial charge in [0.1, 0.15) is 5.82 Å². The van der Waals surface area contributed by atoms with Gasteiger partial charge in [0, 0.05) is 37.6 Å². The van der Waals surface area contributed by atoms with Gasteiger partial charge in [-0.1, -0.05) is 20.3 Å². The summed E-state index contributed by atoms with van der Waals surface area (Å²) in [5, 5.41) is 3.41. The topological polar surface area (TPSA) is 41.1 Å². The molecule has 4 nitrogen and oxygen atoms in total. The molecule has 0 aliphatic carbocycles. The summed E-state index contributed by atoms with van der Waals surface area (Å²) in [5.41, 5.74) is 2.26. The molecule has 1 aromatic heterocycles. The molecule has 0 amide bonds. The van der Waals surface area contributed by atoms with Crippen molar-refractivity contribution in [1.82, 2.24) is 20.2 Å². The summed E-state index contributed by atoms with van der Waals surface area (Å²) >= 11 is 0. The maximum absolute atomic E-state index is 4.77. The van der Waals surface area contributed by atoms with E-state index in [9.17, 15) is 0 Å². The van der Waals surface area contributed by atoms with Crippen LogP contribution in [0.5, 0.6) is 0 Å². The van der Waals surface area contributed by atoms with E-state index < -0.39 is 0 Å². The first kappa shape index (κ1) is 14.4. The second-order valence-electron chi connectivity index (χ2n) is 5.30. The Labute approximate surface area is 116 Å². The quantitative estimate of drug-likeness (QED) is 0.882. The highest BCUT2D eigenvalue weighted by atomic mass is 15.2. The fourth-order valence-electron chi connectivity index (χ4n) is 2.73. The average molecular weight is 262 g/mol. The van der Waals surface area contributed by atoms with Gasteiger partial charge < -0.3 is 5.32 Å². The van der Waals surface area contributed by atoms with E-state index in [0.717, 1.165) is 50.5 Å². The summed E-state index contributed by atoms with van der Waals surface area (Å²) in [6.45, 7) is 10.8. The fourth-order valence-corrected chi connectivity index (χ4v) is 2.73. The molecule has 1 saturated heterocycles. The Morgan fingerprint density at radius 3 is 2.63 bits per heavy atom. The van der Waals surface area contributed by atoms with Gasteiger partial charge >= 0.3 is 0 Å². The summed E-state index contributed by atoms with van der Waals surface area (Å²) in [6.07, 6.45) is 3.30. The number of piperazine rings is 1. The molecule has 1 aliphatic heterocycles. The van der Waals surface area contributed by atoms with Crippen molar-refractivity contribution in [2.75, 3.05) is 26.2 Å². The van der Waals surface area contributed by atoms with Gasteiger partial charge in [0.25, 0.3) is 0 Å². The van der Waals surface area contributed by atoms with Crippen LogP contribution in [0.4, 0.5) is 0 Å². The van der Waals surface area contributed by atoms with Gasteiger partial charge in [-0.3, -0.25) is 4.90 Å². The highest BCUT2D eigenvalue weighted by Gasteiger charge is 2.24. The first-order valence-electron chi connectivity index (χ1n) is 7.53. The van der Waals surface area contributed by atoms with E-state index in [1.165, 1.54) is 12.1 Å². The molecule has 2 heterocycles. The van der Waals surface area contributed by atoms with E-state index >= 15 is 0 Å². The van der Waals surface area contributed by atoms with Crippen molar-refractivity contribution < 1.29 is 0 Å². The van der Waals surface area contributed by atoms with Gasteiger partial charge in [-0.05, 0) is 25.8 Å². The van der Waals surface area contributed by atoms with Crippen LogP contribution in [-0.2, 0) is 6.42 Å². The van der Waals surface area contributed by atoms with Crippen molar-refractivity contribution in [3.63, 3.8) is 0 Å². The molecule has 0 bridgehead atoms. The molecule has 2 rings (SSSR count). The summed E-state index contributed by atoms with van der Waals surface area (Å²) in [5.74, 6) is 1.03. The molecule has 0 aromatic carbocycles. The number of aryl methyl sites for hydroxylation is 2. The van der Waals surface area contributed by atoms with Crippen LogP contribution in [-0.4, -0.2) is 41.0 Å². The van der Waals surface area contributed by atoms with Gasteiger partial charge in [0.05, 0.1) is 6.04 Å². The second-order valence-corrected chi connectivity index (χ2v) is 5.30. The van der Waals surface area contributed by atoms with Crippen molar-refractivity contribution in [2.45, 2.75) is 46.1 Å². The molecule has 1 N–H and O–H groups in total. The van der Waals surface area contributed by atoms with Gasteiger partial charge in [0.15, 0.2) is 0 Å². The molecule has 4 heteroatoms. The van der Waals surface area contributed by atoms with E-state index in [1.807, 2.05) is 0 Å². The minimum absolute atomic E-state index is 0.386. The maximum Gasteiger partial charge on any atom is 0.145 e. The first-order valence-corrected chi connectivity index (χ1v) is 7.53. The van der Waals surface area contributed by atoms with Crippen molar-refractivity contribution in [1.29, 1.82) is 0 Å². The standard InChI is InChI=1S/C15H26N4/c1-4-6-14(19-9-7-16-8-10-19)15-17-12(3)11-13(5-2)18-15/h11,14,16H,4-10H2,1-3H3. The largest absolute Gasteiger partial charge is 0.314 e. The first-order chi connectivity index (χ1) is 9.24. The van der Waals surface area contributed by atoms with E-state index in [2.05, 4.69) is 37.1 Å². The van der Waals surface area contributed by atoms with E-state index in [4.69, 9.17) is 9.97 Å². The predicted molar refractivity (Wildman–Crippen MR) is 78.2 cm³/mol. The lowest BCUT2D eigenvalue weighted by atomic mass is 10.1. The van der Waals surface area contributed by atoms with Gasteiger partial charge in [-0.2, -0.15) is 0 Å². The molecule has 1 fully saturated rings. The number of hydrogen-bond acceptors (Lipinski definition) is 4. The Kier molecular flexibility index (Phi) is 5.28. The van der Waals surface area contributed by atoms with Crippen molar-refractivity contribution in [3.05, 3.63) is 23.3 Å². The highest BCUT2D eigenvalue weighted by molar-refractivity contribution is 5.12. The van der Waals surface area contributed by atoms with Crippen LogP contribution in [0.15, 0.2) is 6.07 Å². The fraction of sp³-hybridized carbons (Fsp3) is 0.733. The van der Waals surface area contributed by atoms with Crippen LogP contribution >= 0.6 is 0 Å². The molecular weight excluding hydrogens is 236 g/mol. The molecular formula is C15H26N4. The van der Waals surface area contributed by atoms with E-state index in [-0.39, 0.29) is 0 Å². The Morgan fingerprint density at radius 1 is 1.26 bits per heavy atom. The highest BCUT2D eigenvalue weighted by Crippen LogP contribution is 2.23. The Bertz CT molecular complexity index is 399. The Morgan fingerprint density at radius 2 is 2.00 bits per heavy atom. The second kappa shape index (κ2) is 6.96. The van der Waals surface area contributed by atoms with Gasteiger partial charge in [-0.25, -0.2) is 9.97 Å². The minimum Gasteiger partial charge on any atom is -0.314 e. The summed E-state index contributed by atoms with van der Waals surface area (Å²) in [7, 11) is 0. The number of rotatable bonds is 5. The molecule has 1 atom stereocenters. The van der Waals surface area contributed by atoms with Gasteiger partial charge in [-0.15, -0.1) is 0 Å². The van der Waals surface area contributed by atoms with Crippen molar-refractivity contribution in [3.8, 4) is 0 Å².